The zero-order valence-corrected chi connectivity index (χ0v) is 13.3. The van der Waals surface area contributed by atoms with Crippen LogP contribution in [0.25, 0.3) is 0 Å². The molecule has 1 aromatic heterocycles. The van der Waals surface area contributed by atoms with Crippen molar-refractivity contribution in [3.05, 3.63) is 18.3 Å². The topological polar surface area (TPSA) is 34.1 Å². The van der Waals surface area contributed by atoms with Crippen molar-refractivity contribution >= 4 is 5.69 Å². The Morgan fingerprint density at radius 3 is 2.40 bits per heavy atom. The van der Waals surface area contributed by atoms with Gasteiger partial charge < -0.3 is 10.1 Å². The fourth-order valence-electron chi connectivity index (χ4n) is 3.10. The first-order chi connectivity index (χ1) is 9.49. The summed E-state index contributed by atoms with van der Waals surface area (Å²) in [5.41, 5.74) is 1.56. The predicted molar refractivity (Wildman–Crippen MR) is 84.2 cm³/mol. The molecule has 1 aromatic rings. The van der Waals surface area contributed by atoms with Crippen molar-refractivity contribution < 1.29 is 4.74 Å². The Hall–Kier alpha value is -1.25. The number of nitrogens with one attached hydrogen (secondary N) is 1. The van der Waals surface area contributed by atoms with Gasteiger partial charge >= 0.3 is 0 Å². The fourth-order valence-corrected chi connectivity index (χ4v) is 3.10. The van der Waals surface area contributed by atoms with Gasteiger partial charge in [0.1, 0.15) is 0 Å². The van der Waals surface area contributed by atoms with E-state index in [2.05, 4.69) is 31.1 Å². The van der Waals surface area contributed by atoms with Gasteiger partial charge in [0.2, 0.25) is 5.88 Å². The molecule has 3 heteroatoms. The Balaban J connectivity index is 1.75. The van der Waals surface area contributed by atoms with E-state index in [0.29, 0.717) is 11.3 Å². The summed E-state index contributed by atoms with van der Waals surface area (Å²) in [6.45, 7) is 8.18. The molecule has 0 radical (unpaired) electrons. The fraction of sp³-hybridized carbons (Fsp3) is 0.706. The average molecular weight is 276 g/mol. The number of pyridine rings is 1. The predicted octanol–water partition coefficient (Wildman–Crippen LogP) is 4.35. The van der Waals surface area contributed by atoms with E-state index in [9.17, 15) is 0 Å². The molecule has 0 saturated heterocycles. The number of aromatic nitrogens is 1. The smallest absolute Gasteiger partial charge is 0.213 e. The van der Waals surface area contributed by atoms with Gasteiger partial charge in [-0.25, -0.2) is 4.98 Å². The molecule has 3 nitrogen and oxygen atoms in total. The van der Waals surface area contributed by atoms with Crippen LogP contribution in [0.2, 0.25) is 0 Å². The van der Waals surface area contributed by atoms with Crippen molar-refractivity contribution in [1.29, 1.82) is 0 Å². The van der Waals surface area contributed by atoms with Crippen LogP contribution < -0.4 is 10.1 Å². The standard InChI is InChI=1S/C17H28N2O/c1-17(2,3)14-7-5-13(6-8-14)11-18-15-9-10-16(20-4)19-12-15/h9-10,12-14,18H,5-8,11H2,1-4H3. The van der Waals surface area contributed by atoms with E-state index >= 15 is 0 Å². The molecule has 0 amide bonds. The van der Waals surface area contributed by atoms with Crippen LogP contribution in [0.5, 0.6) is 5.88 Å². The van der Waals surface area contributed by atoms with Gasteiger partial charge in [-0.15, -0.1) is 0 Å². The molecule has 1 aliphatic carbocycles. The Bertz CT molecular complexity index is 400. The number of methoxy groups -OCH3 is 1. The first-order valence-corrected chi connectivity index (χ1v) is 7.73. The maximum Gasteiger partial charge on any atom is 0.213 e. The van der Waals surface area contributed by atoms with Crippen LogP contribution in [0.3, 0.4) is 0 Å². The second kappa shape index (κ2) is 6.47. The van der Waals surface area contributed by atoms with Crippen molar-refractivity contribution in [3.63, 3.8) is 0 Å². The van der Waals surface area contributed by atoms with Crippen molar-refractivity contribution in [2.24, 2.45) is 17.3 Å². The summed E-state index contributed by atoms with van der Waals surface area (Å²) in [6.07, 6.45) is 7.28. The zero-order valence-electron chi connectivity index (χ0n) is 13.3. The molecule has 2 rings (SSSR count). The summed E-state index contributed by atoms with van der Waals surface area (Å²) in [6, 6.07) is 3.94. The summed E-state index contributed by atoms with van der Waals surface area (Å²) in [7, 11) is 1.64. The summed E-state index contributed by atoms with van der Waals surface area (Å²) < 4.78 is 5.07. The molecule has 112 valence electrons. The molecule has 0 atom stereocenters. The molecule has 0 aromatic carbocycles. The lowest BCUT2D eigenvalue weighted by Gasteiger charge is -2.37. The molecule has 1 N–H and O–H groups in total. The quantitative estimate of drug-likeness (QED) is 0.887. The molecule has 1 fully saturated rings. The third-order valence-corrected chi connectivity index (χ3v) is 4.61. The third-order valence-electron chi connectivity index (χ3n) is 4.61. The lowest BCUT2D eigenvalue weighted by molar-refractivity contribution is 0.153. The van der Waals surface area contributed by atoms with E-state index in [1.807, 2.05) is 18.3 Å². The molecule has 1 saturated carbocycles. The highest BCUT2D eigenvalue weighted by Crippen LogP contribution is 2.39. The zero-order chi connectivity index (χ0) is 14.6. The Kier molecular flexibility index (Phi) is 4.90. The van der Waals surface area contributed by atoms with Crippen LogP contribution in [0.15, 0.2) is 18.3 Å². The molecule has 0 unspecified atom stereocenters. The monoisotopic (exact) mass is 276 g/mol. The van der Waals surface area contributed by atoms with E-state index < -0.39 is 0 Å². The van der Waals surface area contributed by atoms with E-state index in [1.165, 1.54) is 25.7 Å². The van der Waals surface area contributed by atoms with Gasteiger partial charge in [-0.05, 0) is 49.0 Å². The van der Waals surface area contributed by atoms with Gasteiger partial charge in [0.15, 0.2) is 0 Å². The number of hydrogen-bond acceptors (Lipinski definition) is 3. The first-order valence-electron chi connectivity index (χ1n) is 7.73. The van der Waals surface area contributed by atoms with Gasteiger partial charge in [0.25, 0.3) is 0 Å². The van der Waals surface area contributed by atoms with Crippen molar-refractivity contribution in [1.82, 2.24) is 4.98 Å². The lowest BCUT2D eigenvalue weighted by atomic mass is 9.70. The molecule has 0 spiro atoms. The first kappa shape index (κ1) is 15.1. The summed E-state index contributed by atoms with van der Waals surface area (Å²) in [4.78, 5) is 4.22. The van der Waals surface area contributed by atoms with Crippen LogP contribution in [0.4, 0.5) is 5.69 Å². The van der Waals surface area contributed by atoms with Crippen LogP contribution in [0.1, 0.15) is 46.5 Å². The summed E-state index contributed by atoms with van der Waals surface area (Å²) in [5, 5.41) is 3.50. The Morgan fingerprint density at radius 1 is 1.20 bits per heavy atom. The minimum absolute atomic E-state index is 0.471. The highest BCUT2D eigenvalue weighted by molar-refractivity contribution is 5.41. The normalized spacial score (nSPS) is 23.4. The third kappa shape index (κ3) is 4.12. The van der Waals surface area contributed by atoms with Crippen molar-refractivity contribution in [2.75, 3.05) is 19.0 Å². The largest absolute Gasteiger partial charge is 0.481 e. The molecule has 1 heterocycles. The van der Waals surface area contributed by atoms with Gasteiger partial charge in [-0.2, -0.15) is 0 Å². The van der Waals surface area contributed by atoms with Gasteiger partial charge in [0.05, 0.1) is 19.0 Å². The number of anilines is 1. The van der Waals surface area contributed by atoms with Gasteiger partial charge in [-0.1, -0.05) is 20.8 Å². The molecule has 0 bridgehead atoms. The SMILES string of the molecule is COc1ccc(NCC2CCC(C(C)(C)C)CC2)cn1. The van der Waals surface area contributed by atoms with E-state index in [-0.39, 0.29) is 0 Å². The van der Waals surface area contributed by atoms with Crippen LogP contribution >= 0.6 is 0 Å². The number of ether oxygens (including phenoxy) is 1. The van der Waals surface area contributed by atoms with Crippen LogP contribution in [-0.4, -0.2) is 18.6 Å². The minimum Gasteiger partial charge on any atom is -0.481 e. The van der Waals surface area contributed by atoms with Crippen molar-refractivity contribution in [2.45, 2.75) is 46.5 Å². The van der Waals surface area contributed by atoms with Gasteiger partial charge in [-0.3, -0.25) is 0 Å². The van der Waals surface area contributed by atoms with E-state index in [4.69, 9.17) is 4.74 Å². The summed E-state index contributed by atoms with van der Waals surface area (Å²) >= 11 is 0. The maximum absolute atomic E-state index is 5.07. The average Bonchev–Trinajstić information content (AvgIpc) is 2.45. The minimum atomic E-state index is 0.471. The number of rotatable bonds is 4. The van der Waals surface area contributed by atoms with Crippen LogP contribution in [0, 0.1) is 17.3 Å². The summed E-state index contributed by atoms with van der Waals surface area (Å²) in [5.74, 6) is 2.36. The van der Waals surface area contributed by atoms with Gasteiger partial charge in [0, 0.05) is 12.6 Å². The number of nitrogens with zero attached hydrogens (tertiary/aromatic N) is 1. The molecular weight excluding hydrogens is 248 g/mol. The molecule has 0 aliphatic heterocycles. The van der Waals surface area contributed by atoms with Crippen molar-refractivity contribution in [3.8, 4) is 5.88 Å². The van der Waals surface area contributed by atoms with E-state index in [1.54, 1.807) is 7.11 Å². The lowest BCUT2D eigenvalue weighted by Crippen LogP contribution is -2.28. The van der Waals surface area contributed by atoms with Crippen LogP contribution in [-0.2, 0) is 0 Å². The highest BCUT2D eigenvalue weighted by atomic mass is 16.5. The molecular formula is C17H28N2O. The molecule has 1 aliphatic rings. The number of hydrogen-bond donors (Lipinski definition) is 1. The maximum atomic E-state index is 5.07. The molecule has 20 heavy (non-hydrogen) atoms. The van der Waals surface area contributed by atoms with E-state index in [0.717, 1.165) is 24.1 Å². The highest BCUT2D eigenvalue weighted by Gasteiger charge is 2.29. The Morgan fingerprint density at radius 2 is 1.90 bits per heavy atom. The second-order valence-corrected chi connectivity index (χ2v) is 7.05. The second-order valence-electron chi connectivity index (χ2n) is 7.05. The Labute approximate surface area is 123 Å².